The second kappa shape index (κ2) is 5.70. The predicted molar refractivity (Wildman–Crippen MR) is 91.4 cm³/mol. The Morgan fingerprint density at radius 2 is 1.75 bits per heavy atom. The number of rotatable bonds is 3. The normalized spacial score (nSPS) is 11.0. The molecule has 1 heterocycles. The Morgan fingerprint density at radius 3 is 2.58 bits per heavy atom. The maximum Gasteiger partial charge on any atom is 0.419 e. The van der Waals surface area contributed by atoms with Crippen molar-refractivity contribution in [1.29, 1.82) is 0 Å². The summed E-state index contributed by atoms with van der Waals surface area (Å²) in [5.41, 5.74) is 0.891. The highest BCUT2D eigenvalue weighted by Crippen LogP contribution is 2.24. The Morgan fingerprint density at radius 1 is 0.917 bits per heavy atom. The van der Waals surface area contributed by atoms with Crippen molar-refractivity contribution in [2.75, 3.05) is 0 Å². The lowest BCUT2D eigenvalue weighted by atomic mass is 10.1. The molecule has 5 nitrogen and oxygen atoms in total. The monoisotopic (exact) mass is 319 g/mol. The van der Waals surface area contributed by atoms with E-state index in [2.05, 4.69) is 9.40 Å². The van der Waals surface area contributed by atoms with E-state index in [-0.39, 0.29) is 0 Å². The Hall–Kier alpha value is -3.34. The molecule has 0 aliphatic rings. The van der Waals surface area contributed by atoms with Gasteiger partial charge in [0.1, 0.15) is 12.4 Å². The number of benzene rings is 3. The molecular weight excluding hydrogens is 306 g/mol. The Labute approximate surface area is 136 Å². The van der Waals surface area contributed by atoms with Crippen molar-refractivity contribution in [3.8, 4) is 5.75 Å². The lowest BCUT2D eigenvalue weighted by Crippen LogP contribution is -2.14. The second-order valence-electron chi connectivity index (χ2n) is 5.48. The van der Waals surface area contributed by atoms with Gasteiger partial charge in [0, 0.05) is 0 Å². The number of aromatic nitrogens is 1. The van der Waals surface area contributed by atoms with E-state index in [0.717, 1.165) is 16.3 Å². The van der Waals surface area contributed by atoms with Crippen molar-refractivity contribution in [2.45, 2.75) is 6.61 Å². The molecule has 1 N–H and O–H groups in total. The molecule has 5 heteroatoms. The van der Waals surface area contributed by atoms with Crippen LogP contribution in [-0.2, 0) is 6.61 Å². The van der Waals surface area contributed by atoms with Crippen molar-refractivity contribution in [2.24, 2.45) is 0 Å². The fraction of sp³-hybridized carbons (Fsp3) is 0.0526. The minimum Gasteiger partial charge on any atom is -0.489 e. The maximum absolute atomic E-state index is 11.8. The van der Waals surface area contributed by atoms with Gasteiger partial charge in [-0.15, -0.1) is 0 Å². The third kappa shape index (κ3) is 2.67. The number of nitrogens with one attached hydrogen (secondary N) is 1. The van der Waals surface area contributed by atoms with Gasteiger partial charge in [-0.2, -0.15) is 0 Å². The molecule has 118 valence electrons. The van der Waals surface area contributed by atoms with Crippen molar-refractivity contribution in [1.82, 2.24) is 4.98 Å². The molecule has 0 aliphatic carbocycles. The van der Waals surface area contributed by atoms with Crippen molar-refractivity contribution in [3.63, 3.8) is 0 Å². The van der Waals surface area contributed by atoms with Gasteiger partial charge in [-0.1, -0.05) is 36.4 Å². The standard InChI is InChI=1S/C19H13NO4/c21-18-16-9-14-8-15(23-11-12-4-2-1-3-5-12)7-6-13(14)10-17(16)20-19(22)24-18/h1-10H,11H2,(H,20,22). The van der Waals surface area contributed by atoms with Crippen LogP contribution >= 0.6 is 0 Å². The van der Waals surface area contributed by atoms with Crippen molar-refractivity contribution < 1.29 is 9.15 Å². The summed E-state index contributed by atoms with van der Waals surface area (Å²) in [6.07, 6.45) is 0. The summed E-state index contributed by atoms with van der Waals surface area (Å²) >= 11 is 0. The van der Waals surface area contributed by atoms with Gasteiger partial charge in [-0.05, 0) is 40.6 Å². The summed E-state index contributed by atoms with van der Waals surface area (Å²) in [5, 5.41) is 2.07. The topological polar surface area (TPSA) is 72.3 Å². The number of fused-ring (bicyclic) bond motifs is 2. The quantitative estimate of drug-likeness (QED) is 0.589. The van der Waals surface area contributed by atoms with Gasteiger partial charge < -0.3 is 9.15 Å². The fourth-order valence-electron chi connectivity index (χ4n) is 2.65. The van der Waals surface area contributed by atoms with Gasteiger partial charge in [-0.3, -0.25) is 4.98 Å². The molecule has 0 bridgehead atoms. The minimum absolute atomic E-state index is 0.335. The first-order valence-electron chi connectivity index (χ1n) is 7.47. The highest BCUT2D eigenvalue weighted by molar-refractivity contribution is 5.96. The zero-order chi connectivity index (χ0) is 16.5. The van der Waals surface area contributed by atoms with E-state index < -0.39 is 11.4 Å². The molecule has 0 unspecified atom stereocenters. The van der Waals surface area contributed by atoms with E-state index in [1.165, 1.54) is 0 Å². The average Bonchev–Trinajstić information content (AvgIpc) is 2.59. The summed E-state index contributed by atoms with van der Waals surface area (Å²) in [7, 11) is 0. The molecule has 4 aromatic rings. The van der Waals surface area contributed by atoms with Crippen LogP contribution in [0.2, 0.25) is 0 Å². The molecule has 0 aliphatic heterocycles. The zero-order valence-electron chi connectivity index (χ0n) is 12.6. The smallest absolute Gasteiger partial charge is 0.419 e. The lowest BCUT2D eigenvalue weighted by molar-refractivity contribution is 0.306. The summed E-state index contributed by atoms with van der Waals surface area (Å²) in [6, 6.07) is 18.9. The zero-order valence-corrected chi connectivity index (χ0v) is 12.6. The van der Waals surface area contributed by atoms with E-state index in [4.69, 9.17) is 4.74 Å². The first kappa shape index (κ1) is 14.3. The van der Waals surface area contributed by atoms with Gasteiger partial charge >= 0.3 is 11.4 Å². The fourth-order valence-corrected chi connectivity index (χ4v) is 2.65. The Bertz CT molecular complexity index is 1140. The molecule has 1 aromatic heterocycles. The first-order valence-corrected chi connectivity index (χ1v) is 7.47. The largest absolute Gasteiger partial charge is 0.489 e. The minimum atomic E-state index is -0.755. The molecule has 4 rings (SSSR count). The molecule has 0 atom stereocenters. The predicted octanol–water partition coefficient (Wildman–Crippen LogP) is 3.21. The van der Waals surface area contributed by atoms with Crippen LogP contribution in [-0.4, -0.2) is 4.98 Å². The number of hydrogen-bond donors (Lipinski definition) is 1. The van der Waals surface area contributed by atoms with E-state index in [0.29, 0.717) is 23.3 Å². The summed E-state index contributed by atoms with van der Waals surface area (Å²) in [5.74, 6) is -0.0471. The SMILES string of the molecule is O=c1[nH]c2cc3ccc(OCc4ccccc4)cc3cc2c(=O)o1. The van der Waals surface area contributed by atoms with Gasteiger partial charge in [-0.25, -0.2) is 9.59 Å². The van der Waals surface area contributed by atoms with Gasteiger partial charge in [0.25, 0.3) is 0 Å². The molecule has 0 saturated heterocycles. The second-order valence-corrected chi connectivity index (χ2v) is 5.48. The van der Waals surface area contributed by atoms with Gasteiger partial charge in [0.15, 0.2) is 0 Å². The number of aromatic amines is 1. The van der Waals surface area contributed by atoms with E-state index in [1.807, 2.05) is 48.5 Å². The molecule has 0 fully saturated rings. The number of ether oxygens (including phenoxy) is 1. The lowest BCUT2D eigenvalue weighted by Gasteiger charge is -2.08. The molecule has 24 heavy (non-hydrogen) atoms. The van der Waals surface area contributed by atoms with Crippen LogP contribution in [0.3, 0.4) is 0 Å². The summed E-state index contributed by atoms with van der Waals surface area (Å²) in [4.78, 5) is 25.6. The van der Waals surface area contributed by atoms with Crippen LogP contribution < -0.4 is 16.1 Å². The first-order chi connectivity index (χ1) is 11.7. The van der Waals surface area contributed by atoms with Crippen LogP contribution in [0.4, 0.5) is 0 Å². The third-order valence-corrected chi connectivity index (χ3v) is 3.84. The van der Waals surface area contributed by atoms with E-state index in [1.54, 1.807) is 12.1 Å². The molecule has 0 radical (unpaired) electrons. The number of hydrogen-bond acceptors (Lipinski definition) is 4. The maximum atomic E-state index is 11.8. The molecule has 0 spiro atoms. The summed E-state index contributed by atoms with van der Waals surface area (Å²) in [6.45, 7) is 0.468. The van der Waals surface area contributed by atoms with Gasteiger partial charge in [0.2, 0.25) is 0 Å². The van der Waals surface area contributed by atoms with Crippen LogP contribution in [0.15, 0.2) is 74.7 Å². The van der Waals surface area contributed by atoms with Gasteiger partial charge in [0.05, 0.1) is 10.9 Å². The van der Waals surface area contributed by atoms with Crippen LogP contribution in [0, 0.1) is 0 Å². The Kier molecular flexibility index (Phi) is 3.39. The molecule has 3 aromatic carbocycles. The van der Waals surface area contributed by atoms with Crippen molar-refractivity contribution in [3.05, 3.63) is 87.2 Å². The molecule has 0 amide bonds. The number of H-pyrrole nitrogens is 1. The molecular formula is C19H13NO4. The van der Waals surface area contributed by atoms with E-state index in [9.17, 15) is 9.59 Å². The highest BCUT2D eigenvalue weighted by Gasteiger charge is 2.06. The van der Waals surface area contributed by atoms with Crippen molar-refractivity contribution >= 4 is 21.7 Å². The third-order valence-electron chi connectivity index (χ3n) is 3.84. The van der Waals surface area contributed by atoms with Crippen LogP contribution in [0.1, 0.15) is 5.56 Å². The summed E-state index contributed by atoms with van der Waals surface area (Å²) < 4.78 is 10.4. The molecule has 0 saturated carbocycles. The Balaban J connectivity index is 1.73. The van der Waals surface area contributed by atoms with E-state index >= 15 is 0 Å². The van der Waals surface area contributed by atoms with Crippen LogP contribution in [0.5, 0.6) is 5.75 Å². The average molecular weight is 319 g/mol. The highest BCUT2D eigenvalue weighted by atomic mass is 16.5. The van der Waals surface area contributed by atoms with Crippen LogP contribution in [0.25, 0.3) is 21.7 Å².